The highest BCUT2D eigenvalue weighted by molar-refractivity contribution is 7.99. The second-order valence-corrected chi connectivity index (χ2v) is 5.52. The first-order valence-electron chi connectivity index (χ1n) is 6.33. The van der Waals surface area contributed by atoms with E-state index in [9.17, 15) is 4.79 Å². The second-order valence-electron chi connectivity index (χ2n) is 4.45. The van der Waals surface area contributed by atoms with Crippen LogP contribution in [0.25, 0.3) is 0 Å². The molecule has 1 N–H and O–H groups in total. The minimum atomic E-state index is -0.267. The zero-order valence-electron chi connectivity index (χ0n) is 11.8. The molecule has 0 bridgehead atoms. The molecule has 1 aliphatic rings. The number of methoxy groups -OCH3 is 3. The van der Waals surface area contributed by atoms with Crippen molar-refractivity contribution in [3.05, 3.63) is 23.8 Å². The fourth-order valence-corrected chi connectivity index (χ4v) is 3.31. The molecular formula is C14H19NO4S. The van der Waals surface area contributed by atoms with Gasteiger partial charge in [-0.1, -0.05) is 6.07 Å². The molecule has 0 aliphatic carbocycles. The standard InChI is InChI=1S/C14H19NO4S/c1-17-12-5-4-9(6-13(12)18-2)10-7-20-8-11(15-10)14(16)19-3/h4-6,10-11,15H,7-8H2,1-3H3. The van der Waals surface area contributed by atoms with E-state index < -0.39 is 0 Å². The lowest BCUT2D eigenvalue weighted by molar-refractivity contribution is -0.142. The van der Waals surface area contributed by atoms with Gasteiger partial charge in [0.15, 0.2) is 11.5 Å². The van der Waals surface area contributed by atoms with Crippen LogP contribution in [-0.4, -0.2) is 44.8 Å². The van der Waals surface area contributed by atoms with Crippen molar-refractivity contribution in [3.8, 4) is 11.5 Å². The third-order valence-electron chi connectivity index (χ3n) is 3.27. The molecule has 2 unspecified atom stereocenters. The maximum absolute atomic E-state index is 11.6. The predicted molar refractivity (Wildman–Crippen MR) is 78.6 cm³/mol. The van der Waals surface area contributed by atoms with Crippen molar-refractivity contribution >= 4 is 17.7 Å². The Hall–Kier alpha value is -1.40. The molecule has 2 atom stereocenters. The molecule has 0 saturated carbocycles. The Labute approximate surface area is 123 Å². The summed E-state index contributed by atoms with van der Waals surface area (Å²) in [7, 11) is 4.64. The summed E-state index contributed by atoms with van der Waals surface area (Å²) in [5, 5.41) is 3.32. The van der Waals surface area contributed by atoms with Crippen LogP contribution in [0.3, 0.4) is 0 Å². The molecule has 1 aliphatic heterocycles. The Morgan fingerprint density at radius 1 is 1.20 bits per heavy atom. The lowest BCUT2D eigenvalue weighted by atomic mass is 10.1. The number of carbonyl (C=O) groups is 1. The third-order valence-corrected chi connectivity index (χ3v) is 4.41. The Bertz CT molecular complexity index is 480. The van der Waals surface area contributed by atoms with Gasteiger partial charge in [-0.25, -0.2) is 0 Å². The van der Waals surface area contributed by atoms with E-state index in [0.717, 1.165) is 17.1 Å². The molecule has 0 radical (unpaired) electrons. The summed E-state index contributed by atoms with van der Waals surface area (Å²) >= 11 is 1.74. The van der Waals surface area contributed by atoms with Crippen LogP contribution in [0.1, 0.15) is 11.6 Å². The molecule has 0 aromatic heterocycles. The van der Waals surface area contributed by atoms with Crippen LogP contribution in [0.15, 0.2) is 18.2 Å². The highest BCUT2D eigenvalue weighted by atomic mass is 32.2. The Morgan fingerprint density at radius 2 is 1.95 bits per heavy atom. The Kier molecular flexibility index (Phi) is 5.14. The molecule has 2 rings (SSSR count). The van der Waals surface area contributed by atoms with Crippen LogP contribution in [-0.2, 0) is 9.53 Å². The van der Waals surface area contributed by atoms with Crippen molar-refractivity contribution in [2.75, 3.05) is 32.8 Å². The van der Waals surface area contributed by atoms with Crippen LogP contribution in [0.2, 0.25) is 0 Å². The van der Waals surface area contributed by atoms with Crippen molar-refractivity contribution in [1.29, 1.82) is 0 Å². The fraction of sp³-hybridized carbons (Fsp3) is 0.500. The molecule has 6 heteroatoms. The molecule has 20 heavy (non-hydrogen) atoms. The minimum absolute atomic E-state index is 0.0951. The van der Waals surface area contributed by atoms with Crippen LogP contribution in [0.4, 0.5) is 0 Å². The van der Waals surface area contributed by atoms with Crippen molar-refractivity contribution in [2.45, 2.75) is 12.1 Å². The second kappa shape index (κ2) is 6.85. The maximum atomic E-state index is 11.6. The summed E-state index contributed by atoms with van der Waals surface area (Å²) in [5.74, 6) is 2.81. The monoisotopic (exact) mass is 297 g/mol. The molecule has 1 aromatic carbocycles. The van der Waals surface area contributed by atoms with Crippen LogP contribution in [0.5, 0.6) is 11.5 Å². The lowest BCUT2D eigenvalue weighted by Gasteiger charge is -2.29. The first-order chi connectivity index (χ1) is 9.69. The Balaban J connectivity index is 2.16. The number of hydrogen-bond donors (Lipinski definition) is 1. The summed E-state index contributed by atoms with van der Waals surface area (Å²) in [6, 6.07) is 5.63. The molecule has 5 nitrogen and oxygen atoms in total. The van der Waals surface area contributed by atoms with Crippen molar-refractivity contribution in [3.63, 3.8) is 0 Å². The van der Waals surface area contributed by atoms with E-state index in [1.807, 2.05) is 18.2 Å². The topological polar surface area (TPSA) is 56.8 Å². The molecule has 110 valence electrons. The SMILES string of the molecule is COC(=O)C1CSCC(c2ccc(OC)c(OC)c2)N1. The van der Waals surface area contributed by atoms with Gasteiger partial charge in [-0.3, -0.25) is 10.1 Å². The highest BCUT2D eigenvalue weighted by Crippen LogP contribution is 2.32. The van der Waals surface area contributed by atoms with Gasteiger partial charge in [0.1, 0.15) is 6.04 Å². The van der Waals surface area contributed by atoms with Gasteiger partial charge >= 0.3 is 5.97 Å². The quantitative estimate of drug-likeness (QED) is 0.852. The summed E-state index contributed by atoms with van der Waals surface area (Å²) < 4.78 is 15.3. The van der Waals surface area contributed by atoms with Crippen LogP contribution >= 0.6 is 11.8 Å². The number of rotatable bonds is 4. The van der Waals surface area contributed by atoms with Gasteiger partial charge < -0.3 is 14.2 Å². The van der Waals surface area contributed by atoms with Gasteiger partial charge in [-0.05, 0) is 17.7 Å². The highest BCUT2D eigenvalue weighted by Gasteiger charge is 2.28. The number of carbonyl (C=O) groups excluding carboxylic acids is 1. The largest absolute Gasteiger partial charge is 0.493 e. The van der Waals surface area contributed by atoms with Crippen molar-refractivity contribution < 1.29 is 19.0 Å². The van der Waals surface area contributed by atoms with E-state index in [0.29, 0.717) is 11.5 Å². The predicted octanol–water partition coefficient (Wildman–Crippen LogP) is 1.62. The zero-order valence-corrected chi connectivity index (χ0v) is 12.7. The molecule has 1 fully saturated rings. The molecular weight excluding hydrogens is 278 g/mol. The summed E-state index contributed by atoms with van der Waals surface area (Å²) in [6.45, 7) is 0. The van der Waals surface area contributed by atoms with Gasteiger partial charge in [-0.2, -0.15) is 11.8 Å². The van der Waals surface area contributed by atoms with Gasteiger partial charge in [0.05, 0.1) is 21.3 Å². The normalized spacial score (nSPS) is 22.1. The third kappa shape index (κ3) is 3.19. The first kappa shape index (κ1) is 15.0. The van der Waals surface area contributed by atoms with E-state index in [4.69, 9.17) is 14.2 Å². The molecule has 0 spiro atoms. The number of nitrogens with one attached hydrogen (secondary N) is 1. The fourth-order valence-electron chi connectivity index (χ4n) is 2.18. The number of benzene rings is 1. The molecule has 1 aromatic rings. The molecule has 0 amide bonds. The van der Waals surface area contributed by atoms with E-state index in [2.05, 4.69) is 5.32 Å². The number of ether oxygens (including phenoxy) is 3. The van der Waals surface area contributed by atoms with Gasteiger partial charge in [0, 0.05) is 17.5 Å². The number of esters is 1. The maximum Gasteiger partial charge on any atom is 0.323 e. The van der Waals surface area contributed by atoms with Crippen molar-refractivity contribution in [1.82, 2.24) is 5.32 Å². The van der Waals surface area contributed by atoms with Gasteiger partial charge in [0.25, 0.3) is 0 Å². The summed E-state index contributed by atoms with van der Waals surface area (Å²) in [6.07, 6.45) is 0. The summed E-state index contributed by atoms with van der Waals surface area (Å²) in [5.41, 5.74) is 1.07. The number of hydrogen-bond acceptors (Lipinski definition) is 6. The first-order valence-corrected chi connectivity index (χ1v) is 7.48. The van der Waals surface area contributed by atoms with E-state index in [1.165, 1.54) is 7.11 Å². The van der Waals surface area contributed by atoms with Crippen LogP contribution < -0.4 is 14.8 Å². The number of thioether (sulfide) groups is 1. The smallest absolute Gasteiger partial charge is 0.323 e. The Morgan fingerprint density at radius 3 is 2.60 bits per heavy atom. The van der Waals surface area contributed by atoms with Crippen molar-refractivity contribution in [2.24, 2.45) is 0 Å². The van der Waals surface area contributed by atoms with E-state index >= 15 is 0 Å². The van der Waals surface area contributed by atoms with E-state index in [-0.39, 0.29) is 18.1 Å². The molecule has 1 saturated heterocycles. The molecule has 1 heterocycles. The minimum Gasteiger partial charge on any atom is -0.493 e. The van der Waals surface area contributed by atoms with Gasteiger partial charge in [-0.15, -0.1) is 0 Å². The lowest BCUT2D eigenvalue weighted by Crippen LogP contribution is -2.45. The zero-order chi connectivity index (χ0) is 14.5. The average Bonchev–Trinajstić information content (AvgIpc) is 2.53. The summed E-state index contributed by atoms with van der Waals surface area (Å²) in [4.78, 5) is 11.6. The average molecular weight is 297 g/mol. The van der Waals surface area contributed by atoms with Crippen LogP contribution in [0, 0.1) is 0 Å². The van der Waals surface area contributed by atoms with E-state index in [1.54, 1.807) is 26.0 Å². The van der Waals surface area contributed by atoms with Gasteiger partial charge in [0.2, 0.25) is 0 Å².